The van der Waals surface area contributed by atoms with Gasteiger partial charge in [-0.25, -0.2) is 9.97 Å². The first-order valence-electron chi connectivity index (χ1n) is 6.93. The number of nitrogens with zero attached hydrogens (tertiary/aromatic N) is 5. The lowest BCUT2D eigenvalue weighted by molar-refractivity contribution is 0.249. The van der Waals surface area contributed by atoms with Crippen LogP contribution in [-0.4, -0.2) is 58.1 Å². The fraction of sp³-hybridized carbons (Fsp3) is 0.500. The zero-order valence-electron chi connectivity index (χ0n) is 12.0. The molecular formula is C14H20N6. The van der Waals surface area contributed by atoms with E-state index in [1.165, 1.54) is 6.33 Å². The Kier molecular flexibility index (Phi) is 3.40. The molecule has 1 aliphatic heterocycles. The van der Waals surface area contributed by atoms with Gasteiger partial charge in [0.05, 0.1) is 5.69 Å². The van der Waals surface area contributed by atoms with E-state index < -0.39 is 0 Å². The summed E-state index contributed by atoms with van der Waals surface area (Å²) in [6, 6.07) is 0.666. The van der Waals surface area contributed by atoms with Gasteiger partial charge in [-0.1, -0.05) is 6.58 Å². The van der Waals surface area contributed by atoms with Crippen LogP contribution in [0.5, 0.6) is 0 Å². The number of hydrogen-bond acceptors (Lipinski definition) is 5. The minimum atomic E-state index is 0.666. The van der Waals surface area contributed by atoms with Crippen molar-refractivity contribution < 1.29 is 0 Å². The molecule has 0 atom stereocenters. The van der Waals surface area contributed by atoms with Crippen LogP contribution in [0.4, 0.5) is 5.95 Å². The van der Waals surface area contributed by atoms with Crippen LogP contribution >= 0.6 is 0 Å². The molecule has 1 saturated heterocycles. The quantitative estimate of drug-likeness (QED) is 0.918. The van der Waals surface area contributed by atoms with Crippen LogP contribution in [0.2, 0.25) is 0 Å². The second-order valence-corrected chi connectivity index (χ2v) is 5.40. The van der Waals surface area contributed by atoms with Crippen LogP contribution in [0.1, 0.15) is 18.5 Å². The van der Waals surface area contributed by atoms with Crippen LogP contribution in [-0.2, 0) is 0 Å². The highest BCUT2D eigenvalue weighted by molar-refractivity contribution is 5.81. The number of hydrogen-bond donors (Lipinski definition) is 1. The largest absolute Gasteiger partial charge is 0.342 e. The number of imidazole rings is 1. The van der Waals surface area contributed by atoms with Gasteiger partial charge in [-0.15, -0.1) is 0 Å². The van der Waals surface area contributed by atoms with Gasteiger partial charge in [0.2, 0.25) is 5.95 Å². The Balaban J connectivity index is 1.83. The maximum absolute atomic E-state index is 4.57. The molecule has 1 fully saturated rings. The van der Waals surface area contributed by atoms with Crippen molar-refractivity contribution in [3.8, 4) is 0 Å². The van der Waals surface area contributed by atoms with Gasteiger partial charge in [0.15, 0.2) is 5.65 Å². The zero-order valence-corrected chi connectivity index (χ0v) is 12.0. The maximum atomic E-state index is 4.57. The summed E-state index contributed by atoms with van der Waals surface area (Å²) >= 11 is 0. The molecule has 6 nitrogen and oxygen atoms in total. The highest BCUT2D eigenvalue weighted by Gasteiger charge is 2.23. The van der Waals surface area contributed by atoms with Crippen LogP contribution in [0.3, 0.4) is 0 Å². The molecule has 0 radical (unpaired) electrons. The molecule has 6 heteroatoms. The molecular weight excluding hydrogens is 252 g/mol. The van der Waals surface area contributed by atoms with Crippen LogP contribution in [0, 0.1) is 0 Å². The van der Waals surface area contributed by atoms with Crippen LogP contribution in [0.15, 0.2) is 12.9 Å². The van der Waals surface area contributed by atoms with E-state index in [1.807, 2.05) is 0 Å². The molecule has 0 unspecified atom stereocenters. The molecule has 0 bridgehead atoms. The predicted molar refractivity (Wildman–Crippen MR) is 80.7 cm³/mol. The van der Waals surface area contributed by atoms with E-state index >= 15 is 0 Å². The summed E-state index contributed by atoms with van der Waals surface area (Å²) in [4.78, 5) is 20.9. The van der Waals surface area contributed by atoms with Crippen molar-refractivity contribution in [3.63, 3.8) is 0 Å². The lowest BCUT2D eigenvalue weighted by Gasteiger charge is -2.34. The van der Waals surface area contributed by atoms with Gasteiger partial charge < -0.3 is 14.8 Å². The van der Waals surface area contributed by atoms with Gasteiger partial charge in [-0.3, -0.25) is 0 Å². The van der Waals surface area contributed by atoms with Crippen molar-refractivity contribution in [2.45, 2.75) is 18.9 Å². The van der Waals surface area contributed by atoms with Gasteiger partial charge in [0.25, 0.3) is 0 Å². The third-order valence-corrected chi connectivity index (χ3v) is 3.99. The van der Waals surface area contributed by atoms with Crippen molar-refractivity contribution >= 4 is 23.2 Å². The van der Waals surface area contributed by atoms with Crippen molar-refractivity contribution in [3.05, 3.63) is 18.6 Å². The number of aromatic amines is 1. The Morgan fingerprint density at radius 1 is 1.35 bits per heavy atom. The minimum absolute atomic E-state index is 0.666. The summed E-state index contributed by atoms with van der Waals surface area (Å²) in [5.74, 6) is 0.890. The van der Waals surface area contributed by atoms with Crippen LogP contribution < -0.4 is 4.90 Å². The highest BCUT2D eigenvalue weighted by Crippen LogP contribution is 2.22. The molecule has 0 spiro atoms. The fourth-order valence-electron chi connectivity index (χ4n) is 2.73. The molecule has 20 heavy (non-hydrogen) atoms. The van der Waals surface area contributed by atoms with E-state index in [4.69, 9.17) is 0 Å². The Bertz CT molecular complexity index is 609. The number of piperidine rings is 1. The van der Waals surface area contributed by atoms with Gasteiger partial charge in [-0.2, -0.15) is 4.98 Å². The number of anilines is 1. The number of fused-ring (bicyclic) bond motifs is 1. The molecule has 0 aliphatic carbocycles. The maximum Gasteiger partial charge on any atom is 0.205 e. The molecule has 1 N–H and O–H groups in total. The van der Waals surface area contributed by atoms with Gasteiger partial charge in [-0.05, 0) is 33.0 Å². The van der Waals surface area contributed by atoms with E-state index in [0.717, 1.165) is 43.1 Å². The smallest absolute Gasteiger partial charge is 0.205 e. The minimum Gasteiger partial charge on any atom is -0.342 e. The normalized spacial score (nSPS) is 17.1. The third kappa shape index (κ3) is 2.27. The Morgan fingerprint density at radius 3 is 2.75 bits per heavy atom. The number of aromatic nitrogens is 4. The lowest BCUT2D eigenvalue weighted by Crippen LogP contribution is -2.42. The summed E-state index contributed by atoms with van der Waals surface area (Å²) in [6.07, 6.45) is 5.57. The van der Waals surface area contributed by atoms with Crippen LogP contribution in [0.25, 0.3) is 17.2 Å². The molecule has 3 rings (SSSR count). The summed E-state index contributed by atoms with van der Waals surface area (Å²) in [7, 11) is 4.29. The second kappa shape index (κ2) is 5.20. The second-order valence-electron chi connectivity index (χ2n) is 5.40. The average Bonchev–Trinajstić information content (AvgIpc) is 2.91. The van der Waals surface area contributed by atoms with Crippen molar-refractivity contribution in [1.29, 1.82) is 0 Å². The van der Waals surface area contributed by atoms with E-state index in [2.05, 4.69) is 50.4 Å². The SMILES string of the molecule is C=Cc1ncnc2nc(N3CCC(N(C)C)CC3)[nH]c12. The molecule has 1 aliphatic rings. The molecule has 0 aromatic carbocycles. The number of nitrogens with one attached hydrogen (secondary N) is 1. The molecule has 2 aromatic heterocycles. The Hall–Kier alpha value is -1.95. The molecule has 106 valence electrons. The highest BCUT2D eigenvalue weighted by atomic mass is 15.3. The van der Waals surface area contributed by atoms with E-state index in [9.17, 15) is 0 Å². The summed E-state index contributed by atoms with van der Waals surface area (Å²) in [5, 5.41) is 0. The van der Waals surface area contributed by atoms with E-state index in [1.54, 1.807) is 6.08 Å². The zero-order chi connectivity index (χ0) is 14.1. The average molecular weight is 272 g/mol. The van der Waals surface area contributed by atoms with Crippen molar-refractivity contribution in [1.82, 2.24) is 24.8 Å². The van der Waals surface area contributed by atoms with Gasteiger partial charge in [0, 0.05) is 19.1 Å². The van der Waals surface area contributed by atoms with Gasteiger partial charge >= 0.3 is 0 Å². The number of H-pyrrole nitrogens is 1. The molecule has 0 saturated carbocycles. The fourth-order valence-corrected chi connectivity index (χ4v) is 2.73. The van der Waals surface area contributed by atoms with Crippen molar-refractivity contribution in [2.75, 3.05) is 32.1 Å². The topological polar surface area (TPSA) is 60.9 Å². The van der Waals surface area contributed by atoms with E-state index in [0.29, 0.717) is 11.7 Å². The summed E-state index contributed by atoms with van der Waals surface area (Å²) < 4.78 is 0. The predicted octanol–water partition coefficient (Wildman–Crippen LogP) is 1.53. The monoisotopic (exact) mass is 272 g/mol. The van der Waals surface area contributed by atoms with Gasteiger partial charge in [0.1, 0.15) is 11.8 Å². The Morgan fingerprint density at radius 2 is 2.10 bits per heavy atom. The Labute approximate surface area is 118 Å². The molecule has 0 amide bonds. The first kappa shape index (κ1) is 13.1. The molecule has 2 aromatic rings. The first-order valence-corrected chi connectivity index (χ1v) is 6.93. The standard InChI is InChI=1S/C14H20N6/c1-4-11-12-13(16-9-15-11)18-14(17-12)20-7-5-10(6-8-20)19(2)3/h4,9-10H,1,5-8H2,2-3H3,(H,15,16,17,18). The lowest BCUT2D eigenvalue weighted by atomic mass is 10.0. The van der Waals surface area contributed by atoms with E-state index in [-0.39, 0.29) is 0 Å². The molecule has 3 heterocycles. The first-order chi connectivity index (χ1) is 9.69. The van der Waals surface area contributed by atoms with Crippen molar-refractivity contribution in [2.24, 2.45) is 0 Å². The third-order valence-electron chi connectivity index (χ3n) is 3.99. The summed E-state index contributed by atoms with van der Waals surface area (Å²) in [5.41, 5.74) is 2.38. The number of rotatable bonds is 3. The summed E-state index contributed by atoms with van der Waals surface area (Å²) in [6.45, 7) is 5.80.